The van der Waals surface area contributed by atoms with Gasteiger partial charge in [-0.3, -0.25) is 4.98 Å². The molecule has 9 rings (SSSR count). The third-order valence-corrected chi connectivity index (χ3v) is 15.8. The number of imidazole rings is 1. The molecule has 0 saturated carbocycles. The Balaban J connectivity index is 0.000000233. The molecule has 4 heterocycles. The minimum Gasteiger partial charge on any atom is -0.486 e. The Morgan fingerprint density at radius 1 is 0.694 bits per heavy atom. The van der Waals surface area contributed by atoms with Crippen molar-refractivity contribution < 1.29 is 24.5 Å². The van der Waals surface area contributed by atoms with E-state index in [4.69, 9.17) is 9.40 Å². The Morgan fingerprint density at radius 3 is 2.02 bits per heavy atom. The van der Waals surface area contributed by atoms with Crippen LogP contribution in [0.15, 0.2) is 132 Å². The Morgan fingerprint density at radius 2 is 1.37 bits per heavy atom. The van der Waals surface area contributed by atoms with Crippen LogP contribution in [0.1, 0.15) is 82.7 Å². The third-order valence-electron chi connectivity index (χ3n) is 11.5. The predicted octanol–water partition coefficient (Wildman–Crippen LogP) is 14.4. The van der Waals surface area contributed by atoms with Crippen molar-refractivity contribution in [2.45, 2.75) is 89.9 Å². The van der Waals surface area contributed by atoms with E-state index in [1.807, 2.05) is 31.2 Å². The molecule has 9 aromatic rings. The van der Waals surface area contributed by atoms with Crippen LogP contribution in [-0.4, -0.2) is 32.8 Å². The number of rotatable bonds is 7. The van der Waals surface area contributed by atoms with Crippen molar-refractivity contribution >= 4 is 50.8 Å². The van der Waals surface area contributed by atoms with Crippen molar-refractivity contribution in [1.82, 2.24) is 19.5 Å². The molecule has 0 spiro atoms. The average molecular weight is 1050 g/mol. The van der Waals surface area contributed by atoms with Gasteiger partial charge in [-0.15, -0.1) is 18.2 Å². The Bertz CT molecular complexity index is 2970. The van der Waals surface area contributed by atoms with E-state index in [9.17, 15) is 0 Å². The SMILES string of the molecule is CC(C)(C)c1cc[c-]c(-c2cc[c]([Ge]([CH3])([CH3])[CH3])cn2)c1.Cc1ccc2c(n1)oc1c(-c3nc4ccccc4n3-c3c(C(C)C)cc(-c4ccccc4)cc3C(C)C)[c-]ccc12.[Ir]. The van der Waals surface area contributed by atoms with E-state index >= 15 is 0 Å². The number of para-hydroxylation sites is 2. The first-order valence-corrected chi connectivity index (χ1v) is 28.8. The van der Waals surface area contributed by atoms with Crippen LogP contribution in [0.25, 0.3) is 72.6 Å². The molecular formula is C55H56GeIrN4O-2. The van der Waals surface area contributed by atoms with E-state index in [0.29, 0.717) is 17.5 Å². The molecule has 0 aliphatic carbocycles. The van der Waals surface area contributed by atoms with Gasteiger partial charge in [-0.05, 0) is 77.4 Å². The first-order chi connectivity index (χ1) is 29.1. The monoisotopic (exact) mass is 1060 g/mol. The zero-order valence-corrected chi connectivity index (χ0v) is 42.3. The van der Waals surface area contributed by atoms with Gasteiger partial charge in [0.1, 0.15) is 0 Å². The number of benzene rings is 5. The normalized spacial score (nSPS) is 12.0. The Hall–Kier alpha value is -5.14. The van der Waals surface area contributed by atoms with Crippen LogP contribution in [0.2, 0.25) is 17.3 Å². The molecule has 4 aromatic heterocycles. The zero-order valence-electron chi connectivity index (χ0n) is 37.8. The van der Waals surface area contributed by atoms with Crippen molar-refractivity contribution in [2.24, 2.45) is 0 Å². The number of aromatic nitrogens is 4. The number of hydrogen-bond donors (Lipinski definition) is 0. The summed E-state index contributed by atoms with van der Waals surface area (Å²) in [5, 5.41) is 2.02. The first kappa shape index (κ1) is 44.9. The summed E-state index contributed by atoms with van der Waals surface area (Å²) in [4.78, 5) is 14.6. The van der Waals surface area contributed by atoms with Gasteiger partial charge in [0.15, 0.2) is 0 Å². The molecule has 5 nitrogen and oxygen atoms in total. The quantitative estimate of drug-likeness (QED) is 0.118. The third kappa shape index (κ3) is 9.02. The molecule has 0 aliphatic heterocycles. The molecule has 0 unspecified atom stereocenters. The van der Waals surface area contributed by atoms with E-state index < -0.39 is 13.3 Å². The van der Waals surface area contributed by atoms with Gasteiger partial charge in [-0.2, -0.15) is 0 Å². The molecule has 1 radical (unpaired) electrons. The van der Waals surface area contributed by atoms with Gasteiger partial charge in [0.2, 0.25) is 5.71 Å². The van der Waals surface area contributed by atoms with Crippen LogP contribution < -0.4 is 4.40 Å². The fraction of sp³-hybridized carbons (Fsp3) is 0.255. The second kappa shape index (κ2) is 17.9. The molecule has 5 aromatic carbocycles. The maximum absolute atomic E-state index is 6.44. The smallest absolute Gasteiger partial charge is 0.216 e. The number of furan rings is 1. The van der Waals surface area contributed by atoms with Gasteiger partial charge in [-0.1, -0.05) is 81.1 Å². The number of nitrogens with zero attached hydrogens (tertiary/aromatic N) is 4. The van der Waals surface area contributed by atoms with Crippen LogP contribution >= 0.6 is 0 Å². The van der Waals surface area contributed by atoms with Crippen LogP contribution in [0.4, 0.5) is 0 Å². The Kier molecular flexibility index (Phi) is 13.0. The van der Waals surface area contributed by atoms with E-state index in [0.717, 1.165) is 55.7 Å². The maximum atomic E-state index is 6.44. The van der Waals surface area contributed by atoms with Crippen LogP contribution in [0.5, 0.6) is 0 Å². The van der Waals surface area contributed by atoms with Gasteiger partial charge >= 0.3 is 126 Å². The average Bonchev–Trinajstić information content (AvgIpc) is 3.81. The molecule has 62 heavy (non-hydrogen) atoms. The second-order valence-electron chi connectivity index (χ2n) is 18.9. The molecule has 0 amide bonds. The van der Waals surface area contributed by atoms with Gasteiger partial charge in [0.25, 0.3) is 0 Å². The fourth-order valence-corrected chi connectivity index (χ4v) is 10.2. The molecule has 0 aliphatic rings. The minimum atomic E-state index is -1.76. The predicted molar refractivity (Wildman–Crippen MR) is 259 cm³/mol. The minimum absolute atomic E-state index is 0. The van der Waals surface area contributed by atoms with Gasteiger partial charge in [0, 0.05) is 36.9 Å². The first-order valence-electron chi connectivity index (χ1n) is 21.5. The number of fused-ring (bicyclic) bond motifs is 4. The van der Waals surface area contributed by atoms with Crippen LogP contribution in [0.3, 0.4) is 0 Å². The molecule has 317 valence electrons. The van der Waals surface area contributed by atoms with E-state index in [2.05, 4.69) is 196 Å². The zero-order chi connectivity index (χ0) is 43.2. The molecule has 0 bridgehead atoms. The summed E-state index contributed by atoms with van der Waals surface area (Å²) in [5.74, 6) is 8.58. The van der Waals surface area contributed by atoms with E-state index in [1.54, 1.807) is 0 Å². The molecule has 0 atom stereocenters. The fourth-order valence-electron chi connectivity index (χ4n) is 7.99. The molecule has 0 N–H and O–H groups in total. The summed E-state index contributed by atoms with van der Waals surface area (Å²) in [6.45, 7) is 17.8. The summed E-state index contributed by atoms with van der Waals surface area (Å²) in [6.07, 6.45) is 2.06. The summed E-state index contributed by atoms with van der Waals surface area (Å²) in [5.41, 5.74) is 15.0. The van der Waals surface area contributed by atoms with Crippen LogP contribution in [-0.2, 0) is 25.5 Å². The van der Waals surface area contributed by atoms with Crippen molar-refractivity contribution in [1.29, 1.82) is 0 Å². The summed E-state index contributed by atoms with van der Waals surface area (Å²) in [6, 6.07) is 49.5. The van der Waals surface area contributed by atoms with Gasteiger partial charge in [0.05, 0.1) is 22.4 Å². The number of pyridine rings is 2. The van der Waals surface area contributed by atoms with Gasteiger partial charge < -0.3 is 8.98 Å². The van der Waals surface area contributed by atoms with Crippen molar-refractivity contribution in [3.8, 4) is 39.5 Å². The largest absolute Gasteiger partial charge is 0.486 e. The standard InChI is InChI=1S/C37H32N3O.C18H24GeN.Ir/c1-22(2)30-20-26(25-12-7-6-8-13-25)21-31(23(3)4)34(30)40-33-17-10-9-16-32(33)39-36(40)29-15-11-14-27-28-19-18-24(5)38-37(28)41-35(27)29;1-18(2,3)15-9-7-8-14(12-15)17-11-10-16(13-20-17)19(4,5)6;/h6-14,16-23H,1-5H3;7,9-13H,1-6H3;/q2*-1;. The van der Waals surface area contributed by atoms with Crippen LogP contribution in [0, 0.1) is 19.1 Å². The van der Waals surface area contributed by atoms with Gasteiger partial charge in [-0.25, -0.2) is 4.98 Å². The van der Waals surface area contributed by atoms with Crippen molar-refractivity contribution in [2.75, 3.05) is 0 Å². The number of hydrogen-bond acceptors (Lipinski definition) is 4. The summed E-state index contributed by atoms with van der Waals surface area (Å²) in [7, 11) is 0. The Labute approximate surface area is 383 Å². The molecule has 7 heteroatoms. The molecule has 0 fully saturated rings. The molecule has 0 saturated heterocycles. The number of aryl methyl sites for hydroxylation is 1. The van der Waals surface area contributed by atoms with Crippen molar-refractivity contribution in [3.63, 3.8) is 0 Å². The van der Waals surface area contributed by atoms with E-state index in [1.165, 1.54) is 37.9 Å². The molecular weight excluding hydrogens is 997 g/mol. The topological polar surface area (TPSA) is 56.7 Å². The summed E-state index contributed by atoms with van der Waals surface area (Å²) < 4.78 is 10.2. The van der Waals surface area contributed by atoms with Crippen molar-refractivity contribution in [3.05, 3.63) is 162 Å². The van der Waals surface area contributed by atoms with E-state index in [-0.39, 0.29) is 25.5 Å². The summed E-state index contributed by atoms with van der Waals surface area (Å²) >= 11 is -1.76. The second-order valence-corrected chi connectivity index (χ2v) is 29.5. The maximum Gasteiger partial charge on any atom is 0.216 e.